The van der Waals surface area contributed by atoms with Gasteiger partial charge in [0, 0.05) is 22.3 Å². The molecule has 18 heavy (non-hydrogen) atoms. The number of carbonyl (C=O) groups excluding carboxylic acids is 2. The molecule has 0 aromatic heterocycles. The average molecular weight is 240 g/mol. The van der Waals surface area contributed by atoms with E-state index in [0.29, 0.717) is 17.0 Å². The maximum atomic E-state index is 12.4. The normalized spacial score (nSPS) is 22.8. The van der Waals surface area contributed by atoms with E-state index < -0.39 is 0 Å². The highest BCUT2D eigenvalue weighted by molar-refractivity contribution is 6.27. The minimum absolute atomic E-state index is 0.0785. The maximum absolute atomic E-state index is 12.4. The summed E-state index contributed by atoms with van der Waals surface area (Å²) in [6, 6.07) is 7.20. The number of benzene rings is 1. The van der Waals surface area contributed by atoms with Crippen molar-refractivity contribution in [1.82, 2.24) is 0 Å². The minimum atomic E-state index is 0.0785. The van der Waals surface area contributed by atoms with Crippen LogP contribution >= 0.6 is 0 Å². The molecule has 0 bridgehead atoms. The Morgan fingerprint density at radius 1 is 1.06 bits per heavy atom. The zero-order valence-corrected chi connectivity index (χ0v) is 10.5. The fourth-order valence-electron chi connectivity index (χ4n) is 3.05. The molecule has 0 saturated heterocycles. The molecule has 0 radical (unpaired) electrons. The molecule has 2 nitrogen and oxygen atoms in total. The van der Waals surface area contributed by atoms with Gasteiger partial charge < -0.3 is 0 Å². The number of rotatable bonds is 1. The maximum Gasteiger partial charge on any atom is 0.190 e. The summed E-state index contributed by atoms with van der Waals surface area (Å²) in [5.74, 6) is 0.721. The number of ketones is 2. The van der Waals surface area contributed by atoms with Gasteiger partial charge in [0.1, 0.15) is 0 Å². The SMILES string of the molecule is CC[C@H]1CCC2=C(C1)C(=O)c1ccccc1C2=O. The number of hydrogen-bond donors (Lipinski definition) is 0. The molecule has 2 aliphatic carbocycles. The second-order valence-electron chi connectivity index (χ2n) is 5.18. The molecule has 0 unspecified atom stereocenters. The van der Waals surface area contributed by atoms with Crippen LogP contribution in [0.15, 0.2) is 35.4 Å². The highest BCUT2D eigenvalue weighted by Gasteiger charge is 2.34. The van der Waals surface area contributed by atoms with E-state index in [2.05, 4.69) is 6.92 Å². The lowest BCUT2D eigenvalue weighted by Crippen LogP contribution is -2.26. The first-order valence-corrected chi connectivity index (χ1v) is 6.62. The molecule has 1 aromatic carbocycles. The third-order valence-electron chi connectivity index (χ3n) is 4.20. The molecule has 1 aromatic rings. The first kappa shape index (κ1) is 11.4. The van der Waals surface area contributed by atoms with Gasteiger partial charge in [-0.25, -0.2) is 0 Å². The van der Waals surface area contributed by atoms with E-state index in [1.165, 1.54) is 0 Å². The van der Waals surface area contributed by atoms with Gasteiger partial charge in [-0.05, 0) is 25.2 Å². The molecule has 0 fully saturated rings. The fraction of sp³-hybridized carbons (Fsp3) is 0.375. The second kappa shape index (κ2) is 4.20. The lowest BCUT2D eigenvalue weighted by Gasteiger charge is -2.28. The Morgan fingerprint density at radius 2 is 1.67 bits per heavy atom. The van der Waals surface area contributed by atoms with Crippen molar-refractivity contribution in [2.75, 3.05) is 0 Å². The molecule has 0 amide bonds. The Morgan fingerprint density at radius 3 is 2.28 bits per heavy atom. The zero-order valence-electron chi connectivity index (χ0n) is 10.5. The zero-order chi connectivity index (χ0) is 12.7. The first-order valence-electron chi connectivity index (χ1n) is 6.62. The van der Waals surface area contributed by atoms with Crippen LogP contribution in [0.3, 0.4) is 0 Å². The van der Waals surface area contributed by atoms with Gasteiger partial charge in [0.15, 0.2) is 11.6 Å². The van der Waals surface area contributed by atoms with Gasteiger partial charge in [-0.15, -0.1) is 0 Å². The molecule has 1 atom stereocenters. The molecule has 0 heterocycles. The largest absolute Gasteiger partial charge is 0.289 e. The molecule has 92 valence electrons. The number of hydrogen-bond acceptors (Lipinski definition) is 2. The van der Waals surface area contributed by atoms with Crippen LogP contribution in [0.25, 0.3) is 0 Å². The Bertz CT molecular complexity index is 566. The summed E-state index contributed by atoms with van der Waals surface area (Å²) < 4.78 is 0. The predicted molar refractivity (Wildman–Crippen MR) is 69.8 cm³/mol. The van der Waals surface area contributed by atoms with Gasteiger partial charge in [0.05, 0.1) is 0 Å². The van der Waals surface area contributed by atoms with Crippen molar-refractivity contribution < 1.29 is 9.59 Å². The van der Waals surface area contributed by atoms with Crippen molar-refractivity contribution in [3.05, 3.63) is 46.5 Å². The monoisotopic (exact) mass is 240 g/mol. The van der Waals surface area contributed by atoms with Gasteiger partial charge in [0.25, 0.3) is 0 Å². The van der Waals surface area contributed by atoms with Crippen LogP contribution in [0.2, 0.25) is 0 Å². The molecule has 3 rings (SSSR count). The quantitative estimate of drug-likeness (QED) is 0.752. The van der Waals surface area contributed by atoms with Crippen LogP contribution in [-0.2, 0) is 0 Å². The Hall–Kier alpha value is -1.70. The van der Waals surface area contributed by atoms with Crippen molar-refractivity contribution in [1.29, 1.82) is 0 Å². The van der Waals surface area contributed by atoms with Gasteiger partial charge in [0.2, 0.25) is 0 Å². The van der Waals surface area contributed by atoms with Crippen molar-refractivity contribution in [2.24, 2.45) is 5.92 Å². The van der Waals surface area contributed by atoms with Crippen molar-refractivity contribution >= 4 is 11.6 Å². The van der Waals surface area contributed by atoms with Crippen molar-refractivity contribution in [3.8, 4) is 0 Å². The Labute approximate surface area is 107 Å². The lowest BCUT2D eigenvalue weighted by atomic mass is 9.73. The van der Waals surface area contributed by atoms with E-state index in [4.69, 9.17) is 0 Å². The lowest BCUT2D eigenvalue weighted by molar-refractivity contribution is 0.0959. The summed E-state index contributed by atoms with van der Waals surface area (Å²) in [6.45, 7) is 2.15. The average Bonchev–Trinajstić information content (AvgIpc) is 2.44. The number of fused-ring (bicyclic) bond motifs is 1. The van der Waals surface area contributed by atoms with Crippen LogP contribution < -0.4 is 0 Å². The van der Waals surface area contributed by atoms with Gasteiger partial charge in [-0.3, -0.25) is 9.59 Å². The third-order valence-corrected chi connectivity index (χ3v) is 4.20. The van der Waals surface area contributed by atoms with E-state index in [-0.39, 0.29) is 11.6 Å². The molecule has 2 aliphatic rings. The van der Waals surface area contributed by atoms with E-state index in [1.807, 2.05) is 12.1 Å². The third kappa shape index (κ3) is 1.56. The van der Waals surface area contributed by atoms with E-state index in [0.717, 1.165) is 36.8 Å². The van der Waals surface area contributed by atoms with Gasteiger partial charge in [-0.1, -0.05) is 37.6 Å². The molecule has 0 spiro atoms. The Kier molecular flexibility index (Phi) is 2.66. The topological polar surface area (TPSA) is 34.1 Å². The molecule has 0 aliphatic heterocycles. The van der Waals surface area contributed by atoms with Gasteiger partial charge >= 0.3 is 0 Å². The van der Waals surface area contributed by atoms with Crippen LogP contribution in [0.4, 0.5) is 0 Å². The van der Waals surface area contributed by atoms with Crippen LogP contribution in [0.5, 0.6) is 0 Å². The smallest absolute Gasteiger partial charge is 0.190 e. The van der Waals surface area contributed by atoms with E-state index >= 15 is 0 Å². The summed E-state index contributed by atoms with van der Waals surface area (Å²) in [6.07, 6.45) is 3.67. The molecule has 0 saturated carbocycles. The van der Waals surface area contributed by atoms with E-state index in [9.17, 15) is 9.59 Å². The number of Topliss-reactive ketones (excluding diaryl/α,β-unsaturated/α-hetero) is 2. The highest BCUT2D eigenvalue weighted by Crippen LogP contribution is 2.38. The molecular weight excluding hydrogens is 224 g/mol. The van der Waals surface area contributed by atoms with Crippen molar-refractivity contribution in [3.63, 3.8) is 0 Å². The number of allylic oxidation sites excluding steroid dienone is 2. The molecular formula is C16H16O2. The Balaban J connectivity index is 2.10. The summed E-state index contributed by atoms with van der Waals surface area (Å²) in [4.78, 5) is 24.8. The standard InChI is InChI=1S/C16H16O2/c1-2-10-7-8-13-14(9-10)16(18)12-6-4-3-5-11(12)15(13)17/h3-6,10H,2,7-9H2,1H3/t10-/m0/s1. The fourth-order valence-corrected chi connectivity index (χ4v) is 3.05. The van der Waals surface area contributed by atoms with Crippen LogP contribution in [-0.4, -0.2) is 11.6 Å². The first-order chi connectivity index (χ1) is 8.72. The van der Waals surface area contributed by atoms with Crippen molar-refractivity contribution in [2.45, 2.75) is 32.6 Å². The van der Waals surface area contributed by atoms with Crippen LogP contribution in [0, 0.1) is 5.92 Å². The number of carbonyl (C=O) groups is 2. The van der Waals surface area contributed by atoms with Gasteiger partial charge in [-0.2, -0.15) is 0 Å². The summed E-state index contributed by atoms with van der Waals surface area (Å²) in [5.41, 5.74) is 2.76. The second-order valence-corrected chi connectivity index (χ2v) is 5.18. The molecule has 0 N–H and O–H groups in total. The minimum Gasteiger partial charge on any atom is -0.289 e. The van der Waals surface area contributed by atoms with Crippen LogP contribution in [0.1, 0.15) is 53.3 Å². The molecule has 2 heteroatoms. The summed E-state index contributed by atoms with van der Waals surface area (Å²) in [7, 11) is 0. The summed E-state index contributed by atoms with van der Waals surface area (Å²) >= 11 is 0. The van der Waals surface area contributed by atoms with E-state index in [1.54, 1.807) is 12.1 Å². The summed E-state index contributed by atoms with van der Waals surface area (Å²) in [5, 5.41) is 0. The highest BCUT2D eigenvalue weighted by atomic mass is 16.1. The predicted octanol–water partition coefficient (Wildman–Crippen LogP) is 3.57.